The summed E-state index contributed by atoms with van der Waals surface area (Å²) in [6.45, 7) is 0. The van der Waals surface area contributed by atoms with Crippen molar-refractivity contribution in [1.29, 1.82) is 0 Å². The standard InChI is InChI=1S/C27H21B3O12/c31-25(16-4-1-7-19(10-16)28(34)35)40-22-13-23(41-26(32)17-5-2-8-20(11-17)29(36)37)15-24(14-22)42-27(33)18-6-3-9-21(12-18)30(38)39/h1-15,34-39H. The van der Waals surface area contributed by atoms with Crippen LogP contribution in [0.25, 0.3) is 0 Å². The van der Waals surface area contributed by atoms with Gasteiger partial charge in [0.2, 0.25) is 0 Å². The predicted octanol–water partition coefficient (Wildman–Crippen LogP) is -1.62. The zero-order valence-electron chi connectivity index (χ0n) is 21.5. The molecule has 0 aliphatic heterocycles. The maximum absolute atomic E-state index is 12.8. The third-order valence-corrected chi connectivity index (χ3v) is 5.75. The first-order valence-electron chi connectivity index (χ1n) is 12.2. The molecule has 4 aromatic rings. The molecular weight excluding hydrogens is 549 g/mol. The van der Waals surface area contributed by atoms with Crippen LogP contribution in [-0.4, -0.2) is 69.4 Å². The first-order chi connectivity index (χ1) is 20.0. The molecule has 6 N–H and O–H groups in total. The highest BCUT2D eigenvalue weighted by Gasteiger charge is 2.20. The lowest BCUT2D eigenvalue weighted by atomic mass is 9.80. The van der Waals surface area contributed by atoms with Crippen molar-refractivity contribution in [2.24, 2.45) is 0 Å². The summed E-state index contributed by atoms with van der Waals surface area (Å²) in [6.07, 6.45) is 0. The Morgan fingerprint density at radius 3 is 0.929 bits per heavy atom. The minimum absolute atomic E-state index is 0.0344. The molecule has 0 saturated heterocycles. The van der Waals surface area contributed by atoms with E-state index >= 15 is 0 Å². The van der Waals surface area contributed by atoms with E-state index in [-0.39, 0.29) is 50.3 Å². The molecular formula is C27H21B3O12. The summed E-state index contributed by atoms with van der Waals surface area (Å²) in [4.78, 5) is 38.4. The quantitative estimate of drug-likeness (QED) is 0.0766. The summed E-state index contributed by atoms with van der Waals surface area (Å²) in [6, 6.07) is 19.5. The molecule has 0 amide bonds. The summed E-state index contributed by atoms with van der Waals surface area (Å²) in [5, 5.41) is 56.4. The van der Waals surface area contributed by atoms with Crippen molar-refractivity contribution in [1.82, 2.24) is 0 Å². The summed E-state index contributed by atoms with van der Waals surface area (Å²) in [7, 11) is -5.49. The molecule has 4 rings (SSSR count). The number of esters is 3. The molecule has 210 valence electrons. The smallest absolute Gasteiger partial charge is 0.423 e. The highest BCUT2D eigenvalue weighted by Crippen LogP contribution is 2.30. The molecule has 15 heteroatoms. The number of carbonyl (C=O) groups is 3. The fourth-order valence-corrected chi connectivity index (χ4v) is 3.70. The molecule has 0 aromatic heterocycles. The first-order valence-corrected chi connectivity index (χ1v) is 12.2. The monoisotopic (exact) mass is 570 g/mol. The maximum atomic E-state index is 12.8. The molecule has 0 saturated carbocycles. The number of rotatable bonds is 9. The molecule has 0 unspecified atom stereocenters. The average molecular weight is 570 g/mol. The van der Waals surface area contributed by atoms with Crippen LogP contribution in [0.4, 0.5) is 0 Å². The van der Waals surface area contributed by atoms with Crippen molar-refractivity contribution in [2.45, 2.75) is 0 Å². The second kappa shape index (κ2) is 13.3. The van der Waals surface area contributed by atoms with Gasteiger partial charge in [0.25, 0.3) is 0 Å². The van der Waals surface area contributed by atoms with E-state index in [0.29, 0.717) is 0 Å². The maximum Gasteiger partial charge on any atom is 0.488 e. The minimum atomic E-state index is -1.83. The van der Waals surface area contributed by atoms with Gasteiger partial charge < -0.3 is 44.4 Å². The molecule has 42 heavy (non-hydrogen) atoms. The second-order valence-electron chi connectivity index (χ2n) is 8.81. The lowest BCUT2D eigenvalue weighted by molar-refractivity contribution is 0.0730. The van der Waals surface area contributed by atoms with Crippen molar-refractivity contribution in [3.8, 4) is 17.2 Å². The zero-order chi connectivity index (χ0) is 30.4. The third kappa shape index (κ3) is 7.70. The van der Waals surface area contributed by atoms with E-state index in [1.807, 2.05) is 0 Å². The lowest BCUT2D eigenvalue weighted by Crippen LogP contribution is -2.30. The number of benzene rings is 4. The van der Waals surface area contributed by atoms with Crippen LogP contribution in [0.1, 0.15) is 31.1 Å². The molecule has 0 fully saturated rings. The molecule has 12 nitrogen and oxygen atoms in total. The van der Waals surface area contributed by atoms with Crippen LogP contribution in [0.3, 0.4) is 0 Å². The molecule has 0 aliphatic rings. The first kappa shape index (κ1) is 30.2. The fourth-order valence-electron chi connectivity index (χ4n) is 3.70. The normalized spacial score (nSPS) is 10.4. The van der Waals surface area contributed by atoms with Gasteiger partial charge in [-0.1, -0.05) is 36.4 Å². The second-order valence-corrected chi connectivity index (χ2v) is 8.81. The van der Waals surface area contributed by atoms with Gasteiger partial charge in [-0.25, -0.2) is 14.4 Å². The van der Waals surface area contributed by atoms with E-state index in [9.17, 15) is 44.5 Å². The van der Waals surface area contributed by atoms with Gasteiger partial charge in [0.1, 0.15) is 17.2 Å². The summed E-state index contributed by atoms with van der Waals surface area (Å²) in [5.74, 6) is -3.43. The van der Waals surface area contributed by atoms with Crippen molar-refractivity contribution in [3.05, 3.63) is 108 Å². The van der Waals surface area contributed by atoms with Gasteiger partial charge in [-0.05, 0) is 52.8 Å². The lowest BCUT2D eigenvalue weighted by Gasteiger charge is -2.12. The third-order valence-electron chi connectivity index (χ3n) is 5.75. The Bertz CT molecular complexity index is 1420. The van der Waals surface area contributed by atoms with E-state index in [1.54, 1.807) is 0 Å². The van der Waals surface area contributed by atoms with Gasteiger partial charge in [-0.3, -0.25) is 0 Å². The van der Waals surface area contributed by atoms with Crippen LogP contribution < -0.4 is 30.6 Å². The number of hydrogen-bond donors (Lipinski definition) is 6. The van der Waals surface area contributed by atoms with Crippen LogP contribution in [0.15, 0.2) is 91.0 Å². The van der Waals surface area contributed by atoms with Gasteiger partial charge in [-0.15, -0.1) is 0 Å². The number of hydrogen-bond acceptors (Lipinski definition) is 12. The van der Waals surface area contributed by atoms with Crippen LogP contribution in [-0.2, 0) is 0 Å². The predicted molar refractivity (Wildman–Crippen MR) is 150 cm³/mol. The van der Waals surface area contributed by atoms with Crippen molar-refractivity contribution < 1.29 is 58.7 Å². The molecule has 0 atom stereocenters. The van der Waals surface area contributed by atoms with E-state index in [0.717, 1.165) is 18.2 Å². The van der Waals surface area contributed by atoms with Crippen molar-refractivity contribution in [2.75, 3.05) is 0 Å². The Morgan fingerprint density at radius 2 is 0.690 bits per heavy atom. The van der Waals surface area contributed by atoms with Gasteiger partial charge in [0, 0.05) is 18.2 Å². The summed E-state index contributed by atoms with van der Waals surface area (Å²) >= 11 is 0. The fraction of sp³-hybridized carbons (Fsp3) is 0. The van der Waals surface area contributed by atoms with Crippen LogP contribution in [0.5, 0.6) is 17.2 Å². The Balaban J connectivity index is 1.64. The number of ether oxygens (including phenoxy) is 3. The van der Waals surface area contributed by atoms with Gasteiger partial charge in [-0.2, -0.15) is 0 Å². The van der Waals surface area contributed by atoms with Gasteiger partial charge in [0.05, 0.1) is 16.7 Å². The molecule has 0 spiro atoms. The molecule has 0 radical (unpaired) electrons. The summed E-state index contributed by atoms with van der Waals surface area (Å²) < 4.78 is 16.1. The van der Waals surface area contributed by atoms with E-state index < -0.39 is 39.3 Å². The molecule has 0 heterocycles. The molecule has 0 aliphatic carbocycles. The summed E-state index contributed by atoms with van der Waals surface area (Å²) in [5.41, 5.74) is -0.0208. The largest absolute Gasteiger partial charge is 0.488 e. The Hall–Kier alpha value is -4.76. The highest BCUT2D eigenvalue weighted by molar-refractivity contribution is 6.59. The van der Waals surface area contributed by atoms with Crippen molar-refractivity contribution >= 4 is 55.7 Å². The Labute approximate surface area is 239 Å². The van der Waals surface area contributed by atoms with Crippen LogP contribution in [0.2, 0.25) is 0 Å². The Morgan fingerprint density at radius 1 is 0.429 bits per heavy atom. The zero-order valence-corrected chi connectivity index (χ0v) is 21.5. The van der Waals surface area contributed by atoms with Crippen LogP contribution >= 0.6 is 0 Å². The van der Waals surface area contributed by atoms with E-state index in [2.05, 4.69) is 0 Å². The minimum Gasteiger partial charge on any atom is -0.423 e. The number of carbonyl (C=O) groups excluding carboxylic acids is 3. The van der Waals surface area contributed by atoms with E-state index in [1.165, 1.54) is 72.8 Å². The van der Waals surface area contributed by atoms with Crippen molar-refractivity contribution in [3.63, 3.8) is 0 Å². The Kier molecular flexibility index (Phi) is 9.55. The molecule has 0 bridgehead atoms. The highest BCUT2D eigenvalue weighted by atomic mass is 16.6. The average Bonchev–Trinajstić information content (AvgIpc) is 2.97. The topological polar surface area (TPSA) is 200 Å². The SMILES string of the molecule is O=C(Oc1cc(OC(=O)c2cccc(B(O)O)c2)cc(OC(=O)c2cccc(B(O)O)c2)c1)c1cccc(B(O)O)c1. The van der Waals surface area contributed by atoms with Gasteiger partial charge >= 0.3 is 39.3 Å². The molecule has 4 aromatic carbocycles. The van der Waals surface area contributed by atoms with Crippen LogP contribution in [0, 0.1) is 0 Å². The van der Waals surface area contributed by atoms with Gasteiger partial charge in [0.15, 0.2) is 0 Å². The van der Waals surface area contributed by atoms with E-state index in [4.69, 9.17) is 14.2 Å².